The highest BCUT2D eigenvalue weighted by Crippen LogP contribution is 2.17. The Kier molecular flexibility index (Phi) is 2.05. The van der Waals surface area contributed by atoms with Crippen molar-refractivity contribution in [1.82, 2.24) is 0 Å². The Balaban J connectivity index is 2.60. The molecule has 3 nitrogen and oxygen atoms in total. The lowest BCUT2D eigenvalue weighted by molar-refractivity contribution is 0.500. The molecule has 3 aromatic rings. The molecule has 3 heteroatoms. The third-order valence-corrected chi connectivity index (χ3v) is 2.73. The minimum Gasteiger partial charge on any atom is -0.386 e. The zero-order valence-electron chi connectivity index (χ0n) is 8.84. The van der Waals surface area contributed by atoms with Crippen LogP contribution < -0.4 is 11.3 Å². The first-order chi connectivity index (χ1) is 8.25. The second-order valence-corrected chi connectivity index (χ2v) is 3.81. The first-order valence-electron chi connectivity index (χ1n) is 5.22. The molecule has 0 radical (unpaired) electrons. The molecule has 0 atom stereocenters. The molecule has 0 saturated heterocycles. The quantitative estimate of drug-likeness (QED) is 0.588. The van der Waals surface area contributed by atoms with E-state index in [1.807, 2.05) is 36.4 Å². The fourth-order valence-electron chi connectivity index (χ4n) is 1.90. The molecule has 0 aliphatic rings. The standard InChI is InChI=1S/C14H8O3/c15-13-11-7-9-5-3-1-2-4-6-10(9)8-12(11)14(16)17-13/h1-8H. The average molecular weight is 224 g/mol. The predicted molar refractivity (Wildman–Crippen MR) is 66.3 cm³/mol. The van der Waals surface area contributed by atoms with Crippen LogP contribution in [0.25, 0.3) is 21.5 Å². The summed E-state index contributed by atoms with van der Waals surface area (Å²) in [7, 11) is 0. The lowest BCUT2D eigenvalue weighted by atomic mass is 10.1. The van der Waals surface area contributed by atoms with Crippen LogP contribution in [-0.2, 0) is 0 Å². The molecule has 2 aromatic carbocycles. The topological polar surface area (TPSA) is 47.3 Å². The monoisotopic (exact) mass is 224 g/mol. The van der Waals surface area contributed by atoms with Gasteiger partial charge in [-0.1, -0.05) is 36.4 Å². The summed E-state index contributed by atoms with van der Waals surface area (Å²) >= 11 is 0. The third-order valence-electron chi connectivity index (χ3n) is 2.73. The molecule has 0 N–H and O–H groups in total. The molecular weight excluding hydrogens is 216 g/mol. The minimum atomic E-state index is -0.567. The Hall–Kier alpha value is -2.42. The zero-order valence-corrected chi connectivity index (χ0v) is 8.84. The van der Waals surface area contributed by atoms with Crippen molar-refractivity contribution in [3.63, 3.8) is 0 Å². The van der Waals surface area contributed by atoms with Gasteiger partial charge in [0.15, 0.2) is 0 Å². The summed E-state index contributed by atoms with van der Waals surface area (Å²) in [6.45, 7) is 0. The smallest absolute Gasteiger partial charge is 0.346 e. The summed E-state index contributed by atoms with van der Waals surface area (Å²) in [4.78, 5) is 22.8. The third kappa shape index (κ3) is 1.52. The van der Waals surface area contributed by atoms with Crippen LogP contribution in [0.4, 0.5) is 0 Å². The van der Waals surface area contributed by atoms with Gasteiger partial charge in [0.2, 0.25) is 0 Å². The summed E-state index contributed by atoms with van der Waals surface area (Å²) in [5.74, 6) is 0. The van der Waals surface area contributed by atoms with Crippen LogP contribution in [0.3, 0.4) is 0 Å². The molecule has 3 rings (SSSR count). The van der Waals surface area contributed by atoms with Crippen LogP contribution in [0.5, 0.6) is 0 Å². The van der Waals surface area contributed by atoms with Gasteiger partial charge >= 0.3 is 11.3 Å². The number of fused-ring (bicyclic) bond motifs is 2. The lowest BCUT2D eigenvalue weighted by Crippen LogP contribution is -1.94. The maximum Gasteiger partial charge on any atom is 0.346 e. The summed E-state index contributed by atoms with van der Waals surface area (Å²) in [6, 6.07) is 14.7. The first kappa shape index (κ1) is 9.78. The largest absolute Gasteiger partial charge is 0.386 e. The molecule has 0 bridgehead atoms. The fourth-order valence-corrected chi connectivity index (χ4v) is 1.90. The number of benzene rings is 1. The van der Waals surface area contributed by atoms with E-state index in [9.17, 15) is 9.59 Å². The van der Waals surface area contributed by atoms with E-state index >= 15 is 0 Å². The van der Waals surface area contributed by atoms with E-state index in [-0.39, 0.29) is 0 Å². The van der Waals surface area contributed by atoms with Crippen molar-refractivity contribution in [2.24, 2.45) is 0 Å². The molecular formula is C14H8O3. The fraction of sp³-hybridized carbons (Fsp3) is 0. The van der Waals surface area contributed by atoms with Crippen LogP contribution in [0, 0.1) is 0 Å². The molecule has 1 heterocycles. The highest BCUT2D eigenvalue weighted by atomic mass is 16.4. The summed E-state index contributed by atoms with van der Waals surface area (Å²) in [6.07, 6.45) is 0. The van der Waals surface area contributed by atoms with E-state index in [0.717, 1.165) is 10.8 Å². The number of rotatable bonds is 0. The highest BCUT2D eigenvalue weighted by molar-refractivity contribution is 5.97. The Morgan fingerprint density at radius 2 is 1.18 bits per heavy atom. The van der Waals surface area contributed by atoms with E-state index in [1.165, 1.54) is 0 Å². The average Bonchev–Trinajstić information content (AvgIpc) is 2.54. The molecule has 0 aliphatic heterocycles. The van der Waals surface area contributed by atoms with Crippen molar-refractivity contribution >= 4 is 21.5 Å². The summed E-state index contributed by atoms with van der Waals surface area (Å²) in [5.41, 5.74) is -1.13. The van der Waals surface area contributed by atoms with E-state index in [4.69, 9.17) is 0 Å². The summed E-state index contributed by atoms with van der Waals surface area (Å²) in [5, 5.41) is 2.49. The van der Waals surface area contributed by atoms with Gasteiger partial charge in [0.1, 0.15) is 0 Å². The lowest BCUT2D eigenvalue weighted by Gasteiger charge is -1.93. The Morgan fingerprint density at radius 1 is 0.706 bits per heavy atom. The zero-order chi connectivity index (χ0) is 11.8. The van der Waals surface area contributed by atoms with E-state index in [1.54, 1.807) is 12.1 Å². The maximum atomic E-state index is 11.4. The highest BCUT2D eigenvalue weighted by Gasteiger charge is 2.08. The molecule has 0 aliphatic carbocycles. The van der Waals surface area contributed by atoms with Gasteiger partial charge in [-0.15, -0.1) is 0 Å². The molecule has 0 unspecified atom stereocenters. The van der Waals surface area contributed by atoms with Gasteiger partial charge in [0.05, 0.1) is 10.8 Å². The van der Waals surface area contributed by atoms with Gasteiger partial charge in [-0.25, -0.2) is 9.59 Å². The van der Waals surface area contributed by atoms with Gasteiger partial charge < -0.3 is 4.42 Å². The van der Waals surface area contributed by atoms with Crippen molar-refractivity contribution in [3.05, 3.63) is 69.4 Å². The van der Waals surface area contributed by atoms with Crippen LogP contribution in [0.15, 0.2) is 62.5 Å². The van der Waals surface area contributed by atoms with Gasteiger partial charge in [-0.2, -0.15) is 0 Å². The Labute approximate surface area is 95.9 Å². The van der Waals surface area contributed by atoms with Crippen LogP contribution in [0.1, 0.15) is 0 Å². The Bertz CT molecular complexity index is 763. The minimum absolute atomic E-state index is 0.344. The summed E-state index contributed by atoms with van der Waals surface area (Å²) < 4.78 is 4.57. The van der Waals surface area contributed by atoms with Crippen molar-refractivity contribution in [2.75, 3.05) is 0 Å². The maximum absolute atomic E-state index is 11.4. The molecule has 0 amide bonds. The second-order valence-electron chi connectivity index (χ2n) is 3.81. The molecule has 82 valence electrons. The van der Waals surface area contributed by atoms with Crippen molar-refractivity contribution in [2.45, 2.75) is 0 Å². The molecule has 1 aromatic heterocycles. The first-order valence-corrected chi connectivity index (χ1v) is 5.22. The van der Waals surface area contributed by atoms with Gasteiger partial charge in [0.25, 0.3) is 0 Å². The van der Waals surface area contributed by atoms with Gasteiger partial charge in [0, 0.05) is 0 Å². The number of furan rings is 1. The molecule has 0 spiro atoms. The van der Waals surface area contributed by atoms with Crippen LogP contribution in [-0.4, -0.2) is 0 Å². The SMILES string of the molecule is O=c1oc(=O)c2cc3ccccccc3cc12. The molecule has 0 fully saturated rings. The second kappa shape index (κ2) is 3.56. The predicted octanol–water partition coefficient (Wildman–Crippen LogP) is 2.31. The van der Waals surface area contributed by atoms with E-state index in [2.05, 4.69) is 4.42 Å². The van der Waals surface area contributed by atoms with Gasteiger partial charge in [-0.05, 0) is 22.9 Å². The molecule has 17 heavy (non-hydrogen) atoms. The normalized spacial score (nSPS) is 10.8. The van der Waals surface area contributed by atoms with E-state index < -0.39 is 11.3 Å². The van der Waals surface area contributed by atoms with E-state index in [0.29, 0.717) is 10.8 Å². The number of hydrogen-bond donors (Lipinski definition) is 0. The molecule has 0 saturated carbocycles. The van der Waals surface area contributed by atoms with Crippen molar-refractivity contribution < 1.29 is 4.42 Å². The van der Waals surface area contributed by atoms with Gasteiger partial charge in [-0.3, -0.25) is 0 Å². The number of hydrogen-bond acceptors (Lipinski definition) is 3. The van der Waals surface area contributed by atoms with Crippen molar-refractivity contribution in [3.8, 4) is 0 Å². The van der Waals surface area contributed by atoms with Crippen LogP contribution in [0.2, 0.25) is 0 Å². The van der Waals surface area contributed by atoms with Crippen LogP contribution >= 0.6 is 0 Å². The Morgan fingerprint density at radius 3 is 1.65 bits per heavy atom. The van der Waals surface area contributed by atoms with Crippen molar-refractivity contribution in [1.29, 1.82) is 0 Å².